The lowest BCUT2D eigenvalue weighted by Crippen LogP contribution is -2.55. The van der Waals surface area contributed by atoms with Crippen LogP contribution >= 0.6 is 0 Å². The number of aromatic amines is 1. The summed E-state index contributed by atoms with van der Waals surface area (Å²) >= 11 is 0. The summed E-state index contributed by atoms with van der Waals surface area (Å²) in [5, 5.41) is 9.87. The van der Waals surface area contributed by atoms with Crippen LogP contribution in [0.15, 0.2) is 48.7 Å². The lowest BCUT2D eigenvalue weighted by atomic mass is 9.82. The van der Waals surface area contributed by atoms with Crippen LogP contribution in [0.4, 0.5) is 0 Å². The van der Waals surface area contributed by atoms with E-state index in [1.165, 1.54) is 50.1 Å². The summed E-state index contributed by atoms with van der Waals surface area (Å²) in [6, 6.07) is 15.7. The third-order valence-electron chi connectivity index (χ3n) is 10.6. The molecule has 4 aromatic rings. The number of carbonyl (C=O) groups is 1. The first-order valence-corrected chi connectivity index (χ1v) is 18.4. The van der Waals surface area contributed by atoms with Crippen molar-refractivity contribution < 1.29 is 13.2 Å². The van der Waals surface area contributed by atoms with E-state index in [1.807, 2.05) is 37.4 Å². The normalized spacial score (nSPS) is 22.9. The number of rotatable bonds is 7. The number of hydrogen-bond acceptors (Lipinski definition) is 6. The van der Waals surface area contributed by atoms with E-state index in [1.54, 1.807) is 4.68 Å². The van der Waals surface area contributed by atoms with Gasteiger partial charge < -0.3 is 20.1 Å². The summed E-state index contributed by atoms with van der Waals surface area (Å²) in [6.07, 6.45) is 11.0. The van der Waals surface area contributed by atoms with Gasteiger partial charge >= 0.3 is 0 Å². The maximum atomic E-state index is 12.7. The Bertz CT molecular complexity index is 1760. The van der Waals surface area contributed by atoms with Gasteiger partial charge in [0, 0.05) is 47.7 Å². The second-order valence-electron chi connectivity index (χ2n) is 13.5. The molecule has 3 saturated heterocycles. The van der Waals surface area contributed by atoms with E-state index in [4.69, 9.17) is 0 Å². The number of aromatic nitrogens is 3. The zero-order valence-electron chi connectivity index (χ0n) is 27.6. The highest BCUT2D eigenvalue weighted by Gasteiger charge is 2.36. The number of nitrogens with one attached hydrogen (secondary N) is 3. The number of nitrogens with zero attached hydrogens (tertiary/aromatic N) is 4. The molecule has 7 rings (SSSR count). The molecule has 5 heterocycles. The highest BCUT2D eigenvalue weighted by Crippen LogP contribution is 2.34. The van der Waals surface area contributed by atoms with Crippen LogP contribution in [0, 0.1) is 0 Å². The summed E-state index contributed by atoms with van der Waals surface area (Å²) in [4.78, 5) is 21.0. The van der Waals surface area contributed by atoms with Crippen molar-refractivity contribution in [1.82, 2.24) is 34.6 Å². The molecule has 1 amide bonds. The fraction of sp³-hybridized carbons (Fsp3) is 0.543. The summed E-state index contributed by atoms with van der Waals surface area (Å²) in [6.45, 7) is 2.27. The Morgan fingerprint density at radius 2 is 1.70 bits per heavy atom. The van der Waals surface area contributed by atoms with Crippen LogP contribution in [0.1, 0.15) is 72.5 Å². The minimum Gasteiger partial charge on any atom is -0.361 e. The van der Waals surface area contributed by atoms with Crippen molar-refractivity contribution in [2.24, 2.45) is 7.05 Å². The molecule has 0 radical (unpaired) electrons. The van der Waals surface area contributed by atoms with E-state index in [-0.39, 0.29) is 17.7 Å². The van der Waals surface area contributed by atoms with Crippen molar-refractivity contribution in [2.75, 3.05) is 40.0 Å². The van der Waals surface area contributed by atoms with Crippen LogP contribution in [-0.4, -0.2) is 97.0 Å². The lowest BCUT2D eigenvalue weighted by Gasteiger charge is -2.47. The summed E-state index contributed by atoms with van der Waals surface area (Å²) in [5.41, 5.74) is 5.14. The SMILES string of the molecule is CN1[C@@H]2CCC[C@H]1C[C@@H](NC(=O)c1nn(C)c3ccccc13)C2.CNS(=O)(=O)CCc1ccc2[nH]cc(C3CCN(C)CC3)c2c1. The molecule has 3 aliphatic heterocycles. The van der Waals surface area contributed by atoms with Gasteiger partial charge in [0.2, 0.25) is 10.0 Å². The van der Waals surface area contributed by atoms with Crippen LogP contribution in [0.3, 0.4) is 0 Å². The monoisotopic (exact) mass is 647 g/mol. The van der Waals surface area contributed by atoms with Crippen molar-refractivity contribution in [1.29, 1.82) is 0 Å². The van der Waals surface area contributed by atoms with Gasteiger partial charge in [0.25, 0.3) is 5.91 Å². The number of para-hydroxylation sites is 1. The zero-order chi connectivity index (χ0) is 32.4. The van der Waals surface area contributed by atoms with Gasteiger partial charge in [-0.1, -0.05) is 30.7 Å². The molecule has 3 atom stereocenters. The number of likely N-dealkylation sites (tertiary alicyclic amines) is 1. The first-order valence-electron chi connectivity index (χ1n) is 16.8. The third-order valence-corrected chi connectivity index (χ3v) is 11.9. The number of carbonyl (C=O) groups excluding carboxylic acids is 1. The number of H-pyrrole nitrogens is 1. The van der Waals surface area contributed by atoms with Crippen molar-refractivity contribution in [3.63, 3.8) is 0 Å². The van der Waals surface area contributed by atoms with Gasteiger partial charge in [-0.05, 0) is 114 Å². The molecular weight excluding hydrogens is 598 g/mol. The van der Waals surface area contributed by atoms with Crippen LogP contribution in [0.2, 0.25) is 0 Å². The number of sulfonamides is 1. The highest BCUT2D eigenvalue weighted by atomic mass is 32.2. The Morgan fingerprint density at radius 1 is 0.978 bits per heavy atom. The molecular formula is C35H49N7O3S. The summed E-state index contributed by atoms with van der Waals surface area (Å²) in [7, 11) is 4.60. The average molecular weight is 648 g/mol. The number of amides is 1. The molecule has 3 fully saturated rings. The van der Waals surface area contributed by atoms with E-state index in [9.17, 15) is 13.2 Å². The van der Waals surface area contributed by atoms with Crippen LogP contribution in [0.25, 0.3) is 21.8 Å². The molecule has 3 aliphatic rings. The van der Waals surface area contributed by atoms with Gasteiger partial charge in [0.15, 0.2) is 5.69 Å². The lowest BCUT2D eigenvalue weighted by molar-refractivity contribution is 0.0462. The Labute approximate surface area is 272 Å². The summed E-state index contributed by atoms with van der Waals surface area (Å²) in [5.74, 6) is 0.689. The van der Waals surface area contributed by atoms with E-state index in [2.05, 4.69) is 62.3 Å². The quantitative estimate of drug-likeness (QED) is 0.274. The summed E-state index contributed by atoms with van der Waals surface area (Å²) < 4.78 is 27.4. The average Bonchev–Trinajstić information content (AvgIpc) is 3.62. The molecule has 11 heteroatoms. The van der Waals surface area contributed by atoms with Crippen molar-refractivity contribution in [3.8, 4) is 0 Å². The minimum absolute atomic E-state index is 0.0329. The van der Waals surface area contributed by atoms with Crippen molar-refractivity contribution >= 4 is 37.7 Å². The third kappa shape index (κ3) is 7.17. The van der Waals surface area contributed by atoms with Crippen LogP contribution in [0.5, 0.6) is 0 Å². The van der Waals surface area contributed by atoms with Gasteiger partial charge in [-0.3, -0.25) is 9.48 Å². The standard InChI is InChI=1S/C18H24N4O.C17H25N3O2S/c1-21-13-6-5-7-14(21)11-12(10-13)19-18(23)17-15-8-3-4-9-16(15)22(2)20-17;1-18-23(21,22)10-7-13-3-4-17-15(11-13)16(12-19-17)14-5-8-20(2)9-6-14/h3-4,8-9,12-14H,5-7,10-11H2,1-2H3,(H,19,23);3-4,11-12,14,18-19H,5-10H2,1-2H3/t12-,13+,14-;. The molecule has 2 aromatic heterocycles. The van der Waals surface area contributed by atoms with E-state index in [0.29, 0.717) is 30.1 Å². The number of piperidine rings is 3. The molecule has 10 nitrogen and oxygen atoms in total. The highest BCUT2D eigenvalue weighted by molar-refractivity contribution is 7.89. The number of fused-ring (bicyclic) bond motifs is 4. The Kier molecular flexibility index (Phi) is 9.84. The molecule has 0 saturated carbocycles. The Hall–Kier alpha value is -3.25. The largest absolute Gasteiger partial charge is 0.361 e. The second-order valence-corrected chi connectivity index (χ2v) is 15.6. The fourth-order valence-corrected chi connectivity index (χ4v) is 8.43. The van der Waals surface area contributed by atoms with Gasteiger partial charge in [-0.15, -0.1) is 0 Å². The molecule has 248 valence electrons. The topological polar surface area (TPSA) is 115 Å². The smallest absolute Gasteiger partial charge is 0.272 e. The first kappa shape index (κ1) is 32.7. The minimum atomic E-state index is -3.16. The zero-order valence-corrected chi connectivity index (χ0v) is 28.4. The van der Waals surface area contributed by atoms with Crippen molar-refractivity contribution in [2.45, 2.75) is 75.4 Å². The predicted octanol–water partition coefficient (Wildman–Crippen LogP) is 4.39. The van der Waals surface area contributed by atoms with E-state index >= 15 is 0 Å². The molecule has 0 spiro atoms. The van der Waals surface area contributed by atoms with E-state index in [0.717, 1.165) is 47.9 Å². The number of hydrogen-bond donors (Lipinski definition) is 3. The molecule has 0 unspecified atom stereocenters. The van der Waals surface area contributed by atoms with Gasteiger partial charge in [0.05, 0.1) is 11.3 Å². The molecule has 3 N–H and O–H groups in total. The van der Waals surface area contributed by atoms with Crippen LogP contribution in [-0.2, 0) is 23.5 Å². The first-order chi connectivity index (χ1) is 22.1. The molecule has 46 heavy (non-hydrogen) atoms. The molecule has 0 aliphatic carbocycles. The van der Waals surface area contributed by atoms with Crippen LogP contribution < -0.4 is 10.0 Å². The second kappa shape index (κ2) is 13.9. The van der Waals surface area contributed by atoms with Gasteiger partial charge in [-0.25, -0.2) is 13.1 Å². The molecule has 2 bridgehead atoms. The van der Waals surface area contributed by atoms with Crippen molar-refractivity contribution in [3.05, 3.63) is 65.5 Å². The fourth-order valence-electron chi connectivity index (χ4n) is 7.73. The molecule has 2 aromatic carbocycles. The maximum absolute atomic E-state index is 12.7. The Balaban J connectivity index is 0.000000162. The maximum Gasteiger partial charge on any atom is 0.272 e. The Morgan fingerprint density at radius 3 is 2.41 bits per heavy atom. The predicted molar refractivity (Wildman–Crippen MR) is 185 cm³/mol. The van der Waals surface area contributed by atoms with Gasteiger partial charge in [-0.2, -0.15) is 5.10 Å². The van der Waals surface area contributed by atoms with Gasteiger partial charge in [0.1, 0.15) is 0 Å². The number of benzene rings is 2. The number of aryl methyl sites for hydroxylation is 2. The van der Waals surface area contributed by atoms with E-state index < -0.39 is 10.0 Å².